The number of nitro groups is 1. The zero-order valence-electron chi connectivity index (χ0n) is 10.9. The summed E-state index contributed by atoms with van der Waals surface area (Å²) < 4.78 is 5.53. The number of nitrogens with zero attached hydrogens (tertiary/aromatic N) is 2. The van der Waals surface area contributed by atoms with Crippen molar-refractivity contribution in [1.82, 2.24) is 4.98 Å². The fraction of sp³-hybridized carbons (Fsp3) is 0.214. The van der Waals surface area contributed by atoms with Gasteiger partial charge in [0.05, 0.1) is 11.5 Å². The summed E-state index contributed by atoms with van der Waals surface area (Å²) in [6.07, 6.45) is 5.26. The Morgan fingerprint density at radius 1 is 1.25 bits per heavy atom. The molecule has 6 heteroatoms. The second-order valence-electron chi connectivity index (χ2n) is 4.29. The Kier molecular flexibility index (Phi) is 4.49. The predicted molar refractivity (Wildman–Crippen MR) is 75.6 cm³/mol. The van der Waals surface area contributed by atoms with E-state index in [0.717, 1.165) is 12.8 Å². The van der Waals surface area contributed by atoms with E-state index in [2.05, 4.69) is 4.98 Å². The third-order valence-electron chi connectivity index (χ3n) is 2.82. The number of nitro benzene ring substituents is 1. The molecular formula is C14H15N3O3. The maximum atomic E-state index is 10.6. The molecule has 0 aliphatic heterocycles. The molecular weight excluding hydrogens is 258 g/mol. The quantitative estimate of drug-likeness (QED) is 0.378. The first-order chi connectivity index (χ1) is 9.66. The number of ether oxygens (including phenoxy) is 1. The molecule has 0 saturated heterocycles. The molecule has 104 valence electrons. The number of anilines is 1. The molecule has 20 heavy (non-hydrogen) atoms. The molecule has 0 amide bonds. The van der Waals surface area contributed by atoms with Crippen LogP contribution in [0.2, 0.25) is 0 Å². The highest BCUT2D eigenvalue weighted by molar-refractivity contribution is 5.60. The number of pyridine rings is 1. The smallest absolute Gasteiger partial charge is 0.292 e. The summed E-state index contributed by atoms with van der Waals surface area (Å²) in [5.74, 6) is 0.544. The fourth-order valence-corrected chi connectivity index (χ4v) is 1.80. The molecule has 0 bridgehead atoms. The Hall–Kier alpha value is -2.63. The number of rotatable bonds is 6. The normalized spacial score (nSPS) is 10.2. The van der Waals surface area contributed by atoms with Gasteiger partial charge in [-0.2, -0.15) is 0 Å². The molecule has 0 aliphatic carbocycles. The van der Waals surface area contributed by atoms with Crippen LogP contribution in [0.15, 0.2) is 42.7 Å². The minimum Gasteiger partial charge on any atom is -0.493 e. The van der Waals surface area contributed by atoms with E-state index >= 15 is 0 Å². The van der Waals surface area contributed by atoms with E-state index in [4.69, 9.17) is 10.5 Å². The van der Waals surface area contributed by atoms with Gasteiger partial charge >= 0.3 is 0 Å². The molecule has 2 aromatic rings. The second-order valence-corrected chi connectivity index (χ2v) is 4.29. The number of benzene rings is 1. The summed E-state index contributed by atoms with van der Waals surface area (Å²) in [7, 11) is 0. The van der Waals surface area contributed by atoms with Crippen LogP contribution in [0.5, 0.6) is 5.75 Å². The SMILES string of the molecule is Nc1cc(OCCCc2ccncc2)ccc1[N+](=O)[O-]. The topological polar surface area (TPSA) is 91.3 Å². The Morgan fingerprint density at radius 3 is 2.65 bits per heavy atom. The summed E-state index contributed by atoms with van der Waals surface area (Å²) >= 11 is 0. The van der Waals surface area contributed by atoms with Crippen molar-refractivity contribution in [2.24, 2.45) is 0 Å². The largest absolute Gasteiger partial charge is 0.493 e. The molecule has 0 radical (unpaired) electrons. The number of nitrogen functional groups attached to an aromatic ring is 1. The maximum Gasteiger partial charge on any atom is 0.292 e. The average molecular weight is 273 g/mol. The van der Waals surface area contributed by atoms with Crippen LogP contribution in [0.1, 0.15) is 12.0 Å². The van der Waals surface area contributed by atoms with Crippen molar-refractivity contribution >= 4 is 11.4 Å². The van der Waals surface area contributed by atoms with E-state index in [1.807, 2.05) is 12.1 Å². The van der Waals surface area contributed by atoms with Gasteiger partial charge in [0.2, 0.25) is 0 Å². The zero-order valence-corrected chi connectivity index (χ0v) is 10.9. The van der Waals surface area contributed by atoms with Gasteiger partial charge in [0, 0.05) is 24.5 Å². The minimum absolute atomic E-state index is 0.103. The van der Waals surface area contributed by atoms with Crippen LogP contribution in [-0.2, 0) is 6.42 Å². The Balaban J connectivity index is 1.83. The van der Waals surface area contributed by atoms with Gasteiger partial charge in [-0.25, -0.2) is 0 Å². The highest BCUT2D eigenvalue weighted by Crippen LogP contribution is 2.26. The van der Waals surface area contributed by atoms with Crippen LogP contribution in [-0.4, -0.2) is 16.5 Å². The predicted octanol–water partition coefficient (Wildman–Crippen LogP) is 2.58. The lowest BCUT2D eigenvalue weighted by molar-refractivity contribution is -0.383. The molecule has 1 aromatic heterocycles. The van der Waals surface area contributed by atoms with Crippen molar-refractivity contribution in [2.45, 2.75) is 12.8 Å². The van der Waals surface area contributed by atoms with Gasteiger partial charge in [0.1, 0.15) is 11.4 Å². The number of aromatic nitrogens is 1. The van der Waals surface area contributed by atoms with Crippen molar-refractivity contribution in [2.75, 3.05) is 12.3 Å². The van der Waals surface area contributed by atoms with E-state index in [9.17, 15) is 10.1 Å². The van der Waals surface area contributed by atoms with Gasteiger partial charge in [-0.1, -0.05) is 0 Å². The van der Waals surface area contributed by atoms with E-state index in [1.54, 1.807) is 18.5 Å². The summed E-state index contributed by atoms with van der Waals surface area (Å²) in [4.78, 5) is 14.1. The third-order valence-corrected chi connectivity index (χ3v) is 2.82. The molecule has 2 N–H and O–H groups in total. The molecule has 1 heterocycles. The summed E-state index contributed by atoms with van der Waals surface area (Å²) in [6.45, 7) is 0.527. The fourth-order valence-electron chi connectivity index (χ4n) is 1.80. The first kappa shape index (κ1) is 13.8. The van der Waals surface area contributed by atoms with Gasteiger partial charge < -0.3 is 10.5 Å². The molecule has 2 rings (SSSR count). The van der Waals surface area contributed by atoms with Crippen molar-refractivity contribution in [1.29, 1.82) is 0 Å². The minimum atomic E-state index is -0.511. The Labute approximate surface area is 116 Å². The van der Waals surface area contributed by atoms with Crippen LogP contribution in [0.4, 0.5) is 11.4 Å². The van der Waals surface area contributed by atoms with Crippen molar-refractivity contribution in [3.8, 4) is 5.75 Å². The van der Waals surface area contributed by atoms with Gasteiger partial charge in [-0.15, -0.1) is 0 Å². The molecule has 1 aromatic carbocycles. The van der Waals surface area contributed by atoms with Gasteiger partial charge in [-0.05, 0) is 36.6 Å². The third kappa shape index (κ3) is 3.68. The van der Waals surface area contributed by atoms with Crippen molar-refractivity contribution in [3.63, 3.8) is 0 Å². The van der Waals surface area contributed by atoms with E-state index in [1.165, 1.54) is 17.7 Å². The molecule has 0 unspecified atom stereocenters. The zero-order chi connectivity index (χ0) is 14.4. The first-order valence-corrected chi connectivity index (χ1v) is 6.22. The standard InChI is InChI=1S/C14H15N3O3/c15-13-10-12(3-4-14(13)17(18)19)20-9-1-2-11-5-7-16-8-6-11/h3-8,10H,1-2,9,15H2. The molecule has 0 saturated carbocycles. The molecule has 0 aliphatic rings. The monoisotopic (exact) mass is 273 g/mol. The Morgan fingerprint density at radius 2 is 2.00 bits per heavy atom. The molecule has 6 nitrogen and oxygen atoms in total. The van der Waals surface area contributed by atoms with Gasteiger partial charge in [0.15, 0.2) is 0 Å². The van der Waals surface area contributed by atoms with Crippen LogP contribution in [0, 0.1) is 10.1 Å². The highest BCUT2D eigenvalue weighted by atomic mass is 16.6. The van der Waals surface area contributed by atoms with E-state index in [-0.39, 0.29) is 11.4 Å². The second kappa shape index (κ2) is 6.51. The first-order valence-electron chi connectivity index (χ1n) is 6.22. The van der Waals surface area contributed by atoms with Gasteiger partial charge in [0.25, 0.3) is 5.69 Å². The summed E-state index contributed by atoms with van der Waals surface area (Å²) in [5, 5.41) is 10.6. The van der Waals surface area contributed by atoms with Crippen LogP contribution >= 0.6 is 0 Å². The average Bonchev–Trinajstić information content (AvgIpc) is 2.44. The van der Waals surface area contributed by atoms with Crippen LogP contribution in [0.3, 0.4) is 0 Å². The summed E-state index contributed by atoms with van der Waals surface area (Å²) in [5.41, 5.74) is 6.80. The van der Waals surface area contributed by atoms with E-state index < -0.39 is 4.92 Å². The lowest BCUT2D eigenvalue weighted by Crippen LogP contribution is -2.01. The number of nitrogens with two attached hydrogens (primary N) is 1. The number of aryl methyl sites for hydroxylation is 1. The van der Waals surface area contributed by atoms with Crippen molar-refractivity contribution < 1.29 is 9.66 Å². The maximum absolute atomic E-state index is 10.6. The van der Waals surface area contributed by atoms with E-state index in [0.29, 0.717) is 12.4 Å². The lowest BCUT2D eigenvalue weighted by atomic mass is 10.1. The Bertz CT molecular complexity index is 587. The molecule has 0 fully saturated rings. The summed E-state index contributed by atoms with van der Waals surface area (Å²) in [6, 6.07) is 8.31. The number of hydrogen-bond acceptors (Lipinski definition) is 5. The molecule has 0 atom stereocenters. The number of hydrogen-bond donors (Lipinski definition) is 1. The van der Waals surface area contributed by atoms with Crippen LogP contribution < -0.4 is 10.5 Å². The van der Waals surface area contributed by atoms with Crippen molar-refractivity contribution in [3.05, 3.63) is 58.4 Å². The van der Waals surface area contributed by atoms with Gasteiger partial charge in [-0.3, -0.25) is 15.1 Å². The lowest BCUT2D eigenvalue weighted by Gasteiger charge is -2.07. The van der Waals surface area contributed by atoms with Crippen LogP contribution in [0.25, 0.3) is 0 Å². The highest BCUT2D eigenvalue weighted by Gasteiger charge is 2.11. The molecule has 0 spiro atoms.